The average Bonchev–Trinajstić information content (AvgIpc) is 0.725. The molecule has 13 aromatic rings. The van der Waals surface area contributed by atoms with E-state index in [4.69, 9.17) is 24.2 Å². The van der Waals surface area contributed by atoms with E-state index in [-0.39, 0.29) is 65.0 Å². The first-order chi connectivity index (χ1) is 65.3. The van der Waals surface area contributed by atoms with Crippen LogP contribution in [0.3, 0.4) is 0 Å². The Labute approximate surface area is 848 Å². The summed E-state index contributed by atoms with van der Waals surface area (Å²) in [5, 5.41) is 2.11. The van der Waals surface area contributed by atoms with Crippen LogP contribution in [0, 0.1) is 71.0 Å². The highest BCUT2D eigenvalue weighted by atomic mass is 16.5. The zero-order valence-corrected chi connectivity index (χ0v) is 91.6. The number of hydrogen-bond acceptors (Lipinski definition) is 5. The summed E-state index contributed by atoms with van der Waals surface area (Å²) in [5.41, 5.74) is 25.9. The van der Waals surface area contributed by atoms with Crippen molar-refractivity contribution < 1.29 is 14.2 Å². The van der Waals surface area contributed by atoms with Crippen molar-refractivity contribution in [1.82, 2.24) is 9.97 Å². The Morgan fingerprint density at radius 3 is 0.546 bits per heavy atom. The SMILES string of the molecule is CC(C)(C)c1cc(C(C)(C)C)cc(C(C#CC#CC#CC#CC#CC#CC(c2cc(C(C)(C)C)cc(C(C)(C)C)c2)(c2cc(C(C)(C)C)cc(C(C)(C)C)c2)c2cc(C(C)(C)C)cc(C(C)(C)C)c2)(c2cc(C(C)(C)C)cc(C(C)(C)C)c2)c2cc(C(C)(C)C)cc(C(C)(C)C)c2)c1.c1cc2ccc1COc1ccc(cc1)-c1ccc3ccc4ccc(nc4c3n1)-c1ccc(cc1)OCc1ccc(cc1)O2. The molecule has 12 bridgehead atoms. The topological polar surface area (TPSA) is 53.5 Å². The van der Waals surface area contributed by atoms with Crippen LogP contribution in [0.25, 0.3) is 44.3 Å². The van der Waals surface area contributed by atoms with Gasteiger partial charge < -0.3 is 14.2 Å². The maximum atomic E-state index is 6.07. The summed E-state index contributed by atoms with van der Waals surface area (Å²) in [4.78, 5) is 10.2. The first-order valence-corrected chi connectivity index (χ1v) is 50.4. The van der Waals surface area contributed by atoms with Crippen molar-refractivity contribution in [3.63, 3.8) is 0 Å². The molecule has 0 aliphatic carbocycles. The van der Waals surface area contributed by atoms with Crippen LogP contribution < -0.4 is 14.2 Å². The maximum absolute atomic E-state index is 6.07. The highest BCUT2D eigenvalue weighted by Gasteiger charge is 2.44. The molecule has 0 N–H and O–H groups in total. The number of pyridine rings is 2. The van der Waals surface area contributed by atoms with E-state index in [9.17, 15) is 0 Å². The fourth-order valence-electron chi connectivity index (χ4n) is 17.5. The Kier molecular flexibility index (Phi) is 29.5. The fraction of sp³-hybridized carbons (Fsp3) is 0.382. The van der Waals surface area contributed by atoms with Gasteiger partial charge in [-0.3, -0.25) is 0 Å². The molecule has 0 unspecified atom stereocenters. The summed E-state index contributed by atoms with van der Waals surface area (Å²) < 4.78 is 18.2. The normalized spacial score (nSPS) is 13.0. The molecule has 0 amide bonds. The molecule has 0 fully saturated rings. The molecule has 724 valence electrons. The van der Waals surface area contributed by atoms with Crippen LogP contribution in [0.5, 0.6) is 23.0 Å². The lowest BCUT2D eigenvalue weighted by molar-refractivity contribution is 0.306. The van der Waals surface area contributed by atoms with Gasteiger partial charge in [-0.25, -0.2) is 9.97 Å². The molecule has 0 spiro atoms. The van der Waals surface area contributed by atoms with Gasteiger partial charge in [0.05, 0.1) is 22.4 Å². The van der Waals surface area contributed by atoms with Gasteiger partial charge in [0.1, 0.15) is 47.0 Å². The van der Waals surface area contributed by atoms with Crippen molar-refractivity contribution >= 4 is 21.8 Å². The second kappa shape index (κ2) is 39.5. The Hall–Kier alpha value is -13.0. The number of ether oxygens (including phenoxy) is 3. The highest BCUT2D eigenvalue weighted by molar-refractivity contribution is 6.04. The molecule has 8 aliphatic rings. The van der Waals surface area contributed by atoms with Crippen LogP contribution >= 0.6 is 0 Å². The number of aromatic nitrogens is 2. The number of benzene rings is 11. The fourth-order valence-corrected chi connectivity index (χ4v) is 17.5. The molecular weight excluding hydrogens is 1710 g/mol. The summed E-state index contributed by atoms with van der Waals surface area (Å²) >= 11 is 0. The predicted molar refractivity (Wildman–Crippen MR) is 599 cm³/mol. The number of hydrogen-bond donors (Lipinski definition) is 0. The van der Waals surface area contributed by atoms with Crippen molar-refractivity contribution in [3.05, 3.63) is 354 Å². The molecule has 5 heteroatoms. The van der Waals surface area contributed by atoms with E-state index in [1.165, 1.54) is 66.8 Å². The van der Waals surface area contributed by atoms with Gasteiger partial charge in [-0.2, -0.15) is 0 Å². The molecule has 21 rings (SSSR count). The van der Waals surface area contributed by atoms with Gasteiger partial charge >= 0.3 is 0 Å². The van der Waals surface area contributed by atoms with Gasteiger partial charge in [0.2, 0.25) is 0 Å². The Morgan fingerprint density at radius 2 is 0.355 bits per heavy atom. The van der Waals surface area contributed by atoms with E-state index in [0.717, 1.165) is 112 Å². The van der Waals surface area contributed by atoms with Crippen LogP contribution in [-0.4, -0.2) is 9.97 Å². The summed E-state index contributed by atoms with van der Waals surface area (Å²) in [7, 11) is 0. The summed E-state index contributed by atoms with van der Waals surface area (Å²) in [5.74, 6) is 43.2. The third-order valence-corrected chi connectivity index (χ3v) is 27.4. The van der Waals surface area contributed by atoms with Gasteiger partial charge in [-0.15, -0.1) is 0 Å². The molecule has 0 atom stereocenters. The van der Waals surface area contributed by atoms with E-state index in [0.29, 0.717) is 13.2 Å². The monoisotopic (exact) mass is 1860 g/mol. The molecule has 11 aromatic carbocycles. The Balaban J connectivity index is 0.000000318. The third-order valence-electron chi connectivity index (χ3n) is 27.4. The lowest BCUT2D eigenvalue weighted by Gasteiger charge is -2.38. The largest absolute Gasteiger partial charge is 0.489 e. The van der Waals surface area contributed by atoms with E-state index in [1.54, 1.807) is 0 Å². The van der Waals surface area contributed by atoms with Gasteiger partial charge in [-0.05, 0) is 320 Å². The molecule has 8 aliphatic heterocycles. The minimum Gasteiger partial charge on any atom is -0.489 e. The lowest BCUT2D eigenvalue weighted by atomic mass is 9.64. The van der Waals surface area contributed by atoms with Crippen molar-refractivity contribution in [2.24, 2.45) is 0 Å². The number of rotatable bonds is 6. The lowest BCUT2D eigenvalue weighted by Crippen LogP contribution is -2.32. The molecule has 0 radical (unpaired) electrons. The Morgan fingerprint density at radius 1 is 0.184 bits per heavy atom. The van der Waals surface area contributed by atoms with Gasteiger partial charge in [0, 0.05) is 21.9 Å². The first-order valence-electron chi connectivity index (χ1n) is 50.4. The quantitative estimate of drug-likeness (QED) is 0.0943. The summed E-state index contributed by atoms with van der Waals surface area (Å²) in [6.07, 6.45) is 0. The van der Waals surface area contributed by atoms with E-state index in [2.05, 4.69) is 466 Å². The van der Waals surface area contributed by atoms with Gasteiger partial charge in [-0.1, -0.05) is 419 Å². The van der Waals surface area contributed by atoms with Crippen LogP contribution in [-0.2, 0) is 89.0 Å². The highest BCUT2D eigenvalue weighted by Crippen LogP contribution is 2.51. The minimum absolute atomic E-state index is 0.153. The average molecular weight is 1860 g/mol. The van der Waals surface area contributed by atoms with Gasteiger partial charge in [0.25, 0.3) is 0 Å². The van der Waals surface area contributed by atoms with Crippen LogP contribution in [0.4, 0.5) is 0 Å². The zero-order chi connectivity index (χ0) is 103. The van der Waals surface area contributed by atoms with Crippen LogP contribution in [0.1, 0.15) is 361 Å². The smallest absolute Gasteiger partial charge is 0.127 e. The summed E-state index contributed by atoms with van der Waals surface area (Å²) in [6, 6.07) is 88.4. The molecular formula is C136H152N2O3. The molecule has 5 nitrogen and oxygen atoms in total. The van der Waals surface area contributed by atoms with E-state index >= 15 is 0 Å². The van der Waals surface area contributed by atoms with Crippen molar-refractivity contribution in [3.8, 4) is 117 Å². The second-order valence-corrected chi connectivity index (χ2v) is 51.4. The van der Waals surface area contributed by atoms with E-state index in [1.807, 2.05) is 97.1 Å². The van der Waals surface area contributed by atoms with Crippen LogP contribution in [0.2, 0.25) is 0 Å². The van der Waals surface area contributed by atoms with Gasteiger partial charge in [0.15, 0.2) is 0 Å². The first kappa shape index (κ1) is 105. The third kappa shape index (κ3) is 25.1. The Bertz CT molecular complexity index is 6270. The number of nitrogens with zero attached hydrogens (tertiary/aromatic N) is 2. The molecule has 141 heavy (non-hydrogen) atoms. The standard InChI is InChI=1S/C98H126.C38H26N2O3/c1-85(2,3)67-49-68(86(4,5)6)56-79(55-67)97(80-57-69(87(7,8)9)50-70(58-80)88(10,11)12,81-59-71(89(13,14)15)51-72(60-81)90(16,17)18)47-45-43-41-39-37-38-40-42-44-46-48-98(82-61-73(91(19,20)21)52-74(62-82)92(22,23)24,83-63-75(93(25,26)27)53-76(64-83)94(28,29)30)84-65-77(95(31,32)33)54-78(66-84)96(34,35)36;1-13-33-14-2-25(1)23-41-31-17-7-27(8-18-31)35-21-11-29-5-6-30-12-22-36(40-38(30)37(29)39-35)28-9-19-32(20-10-28)42-24-26-3-15-34(43-33)16-4-26/h49-66H,1-36H3;1-22H,23-24H2. The molecule has 0 saturated heterocycles. The molecule has 10 heterocycles. The van der Waals surface area contributed by atoms with Crippen molar-refractivity contribution in [2.75, 3.05) is 0 Å². The van der Waals surface area contributed by atoms with E-state index < -0.39 is 10.8 Å². The summed E-state index contributed by atoms with van der Waals surface area (Å²) in [6.45, 7) is 84.5. The van der Waals surface area contributed by atoms with Crippen molar-refractivity contribution in [2.45, 2.75) is 338 Å². The minimum atomic E-state index is -0.973. The molecule has 2 aromatic heterocycles. The second-order valence-electron chi connectivity index (χ2n) is 51.4. The van der Waals surface area contributed by atoms with Crippen molar-refractivity contribution in [1.29, 1.82) is 0 Å². The molecule has 0 saturated carbocycles. The van der Waals surface area contributed by atoms with Crippen LogP contribution in [0.15, 0.2) is 243 Å². The maximum Gasteiger partial charge on any atom is 0.127 e. The predicted octanol–water partition coefficient (Wildman–Crippen LogP) is 34.0. The zero-order valence-electron chi connectivity index (χ0n) is 91.6.